The third kappa shape index (κ3) is 7.35. The van der Waals surface area contributed by atoms with Crippen LogP contribution in [0.5, 0.6) is 5.75 Å². The molecule has 0 aliphatic carbocycles. The van der Waals surface area contributed by atoms with E-state index in [1.165, 1.54) is 13.8 Å². The largest absolute Gasteiger partial charge is 0.463 e. The first kappa shape index (κ1) is 24.9. The van der Waals surface area contributed by atoms with Crippen molar-refractivity contribution >= 4 is 46.5 Å². The molecule has 1 aromatic rings. The van der Waals surface area contributed by atoms with Gasteiger partial charge in [0.25, 0.3) is 0 Å². The van der Waals surface area contributed by atoms with Crippen LogP contribution in [0.15, 0.2) is 24.3 Å². The SMILES string of the molecule is CC(=O)OC[C@H]1O[C@@H](Oc2ccccc2I)[C@H](OC(C)=O)[C@@H](OC(C)=O)[C@@H]1OC(C)=O. The van der Waals surface area contributed by atoms with Crippen molar-refractivity contribution in [2.24, 2.45) is 0 Å². The lowest BCUT2D eigenvalue weighted by Gasteiger charge is -2.44. The molecule has 1 aliphatic rings. The number of benzene rings is 1. The van der Waals surface area contributed by atoms with Gasteiger partial charge in [0.1, 0.15) is 18.5 Å². The smallest absolute Gasteiger partial charge is 0.303 e. The predicted molar refractivity (Wildman–Crippen MR) is 112 cm³/mol. The molecule has 5 atom stereocenters. The number of hydrogen-bond acceptors (Lipinski definition) is 10. The van der Waals surface area contributed by atoms with Crippen molar-refractivity contribution in [3.63, 3.8) is 0 Å². The van der Waals surface area contributed by atoms with Gasteiger partial charge in [-0.2, -0.15) is 0 Å². The first-order valence-electron chi connectivity index (χ1n) is 9.30. The number of esters is 4. The van der Waals surface area contributed by atoms with Gasteiger partial charge in [-0.05, 0) is 34.7 Å². The number of rotatable bonds is 7. The second kappa shape index (κ2) is 11.3. The van der Waals surface area contributed by atoms with Crippen molar-refractivity contribution < 1.29 is 47.6 Å². The van der Waals surface area contributed by atoms with Crippen LogP contribution in [0.3, 0.4) is 0 Å². The summed E-state index contributed by atoms with van der Waals surface area (Å²) in [6.07, 6.45) is -6.08. The minimum absolute atomic E-state index is 0.316. The minimum Gasteiger partial charge on any atom is -0.463 e. The van der Waals surface area contributed by atoms with Gasteiger partial charge in [0.2, 0.25) is 12.4 Å². The molecule has 1 heterocycles. The van der Waals surface area contributed by atoms with E-state index < -0.39 is 54.6 Å². The first-order valence-corrected chi connectivity index (χ1v) is 10.4. The molecule has 10 nitrogen and oxygen atoms in total. The van der Waals surface area contributed by atoms with Crippen LogP contribution < -0.4 is 4.74 Å². The molecular formula is C20H23IO10. The minimum atomic E-state index is -1.27. The number of halogens is 1. The van der Waals surface area contributed by atoms with Crippen LogP contribution in [0.25, 0.3) is 0 Å². The van der Waals surface area contributed by atoms with Crippen LogP contribution in [-0.2, 0) is 42.9 Å². The predicted octanol–water partition coefficient (Wildman–Crippen LogP) is 1.75. The Morgan fingerprint density at radius 3 is 1.94 bits per heavy atom. The normalized spacial score (nSPS) is 25.1. The molecule has 0 saturated carbocycles. The van der Waals surface area contributed by atoms with Crippen molar-refractivity contribution in [2.75, 3.05) is 6.61 Å². The van der Waals surface area contributed by atoms with Gasteiger partial charge in [0, 0.05) is 27.7 Å². The van der Waals surface area contributed by atoms with Gasteiger partial charge in [-0.1, -0.05) is 12.1 Å². The number of para-hydroxylation sites is 1. The van der Waals surface area contributed by atoms with E-state index in [1.54, 1.807) is 18.2 Å². The Morgan fingerprint density at radius 2 is 1.39 bits per heavy atom. The van der Waals surface area contributed by atoms with Crippen molar-refractivity contribution in [1.29, 1.82) is 0 Å². The fraction of sp³-hybridized carbons (Fsp3) is 0.500. The number of carbonyl (C=O) groups excluding carboxylic acids is 4. The highest BCUT2D eigenvalue weighted by atomic mass is 127. The molecule has 1 fully saturated rings. The number of carbonyl (C=O) groups is 4. The molecule has 11 heteroatoms. The fourth-order valence-electron chi connectivity index (χ4n) is 2.95. The second-order valence-corrected chi connectivity index (χ2v) is 7.78. The molecule has 1 aromatic carbocycles. The molecule has 170 valence electrons. The van der Waals surface area contributed by atoms with Gasteiger partial charge in [-0.3, -0.25) is 19.2 Å². The Bertz CT molecular complexity index is 826. The first-order chi connectivity index (χ1) is 14.6. The number of hydrogen-bond donors (Lipinski definition) is 0. The zero-order chi connectivity index (χ0) is 23.1. The molecule has 1 saturated heterocycles. The maximum atomic E-state index is 11.8. The summed E-state index contributed by atoms with van der Waals surface area (Å²) in [7, 11) is 0. The summed E-state index contributed by atoms with van der Waals surface area (Å²) in [6, 6.07) is 7.02. The summed E-state index contributed by atoms with van der Waals surface area (Å²) < 4.78 is 33.6. The van der Waals surface area contributed by atoms with E-state index in [2.05, 4.69) is 22.6 Å². The molecule has 0 radical (unpaired) electrons. The molecular weight excluding hydrogens is 527 g/mol. The summed E-state index contributed by atoms with van der Waals surface area (Å²) >= 11 is 2.05. The molecule has 1 aliphatic heterocycles. The monoisotopic (exact) mass is 550 g/mol. The number of ether oxygens (including phenoxy) is 6. The van der Waals surface area contributed by atoms with E-state index in [4.69, 9.17) is 28.4 Å². The maximum Gasteiger partial charge on any atom is 0.303 e. The molecule has 0 unspecified atom stereocenters. The van der Waals surface area contributed by atoms with Crippen LogP contribution >= 0.6 is 22.6 Å². The maximum absolute atomic E-state index is 11.8. The summed E-state index contributed by atoms with van der Waals surface area (Å²) in [4.78, 5) is 46.6. The van der Waals surface area contributed by atoms with Gasteiger partial charge in [0.05, 0.1) is 3.57 Å². The molecule has 0 N–H and O–H groups in total. The van der Waals surface area contributed by atoms with Gasteiger partial charge in [-0.15, -0.1) is 0 Å². The molecule has 2 rings (SSSR count). The van der Waals surface area contributed by atoms with Gasteiger partial charge >= 0.3 is 23.9 Å². The average molecular weight is 550 g/mol. The van der Waals surface area contributed by atoms with Gasteiger partial charge in [-0.25, -0.2) is 0 Å². The molecule has 0 aromatic heterocycles. The highest BCUT2D eigenvalue weighted by Crippen LogP contribution is 2.32. The third-order valence-electron chi connectivity index (χ3n) is 4.03. The quantitative estimate of drug-likeness (QED) is 0.282. The van der Waals surface area contributed by atoms with Crippen LogP contribution in [0, 0.1) is 3.57 Å². The van der Waals surface area contributed by atoms with Crippen LogP contribution in [0.1, 0.15) is 27.7 Å². The zero-order valence-corrected chi connectivity index (χ0v) is 19.5. The van der Waals surface area contributed by atoms with E-state index in [9.17, 15) is 19.2 Å². The van der Waals surface area contributed by atoms with Crippen LogP contribution in [0.4, 0.5) is 0 Å². The molecule has 0 bridgehead atoms. The zero-order valence-electron chi connectivity index (χ0n) is 17.4. The Balaban J connectivity index is 2.46. The second-order valence-electron chi connectivity index (χ2n) is 6.62. The highest BCUT2D eigenvalue weighted by molar-refractivity contribution is 14.1. The highest BCUT2D eigenvalue weighted by Gasteiger charge is 2.53. The Labute approximate surface area is 192 Å². The van der Waals surface area contributed by atoms with E-state index in [1.807, 2.05) is 6.07 Å². The van der Waals surface area contributed by atoms with Crippen LogP contribution in [-0.4, -0.2) is 61.2 Å². The van der Waals surface area contributed by atoms with Crippen molar-refractivity contribution in [3.05, 3.63) is 27.8 Å². The van der Waals surface area contributed by atoms with Crippen LogP contribution in [0.2, 0.25) is 0 Å². The molecule has 0 amide bonds. The molecule has 31 heavy (non-hydrogen) atoms. The Hall–Kier alpha value is -2.41. The van der Waals surface area contributed by atoms with E-state index in [-0.39, 0.29) is 6.61 Å². The fourth-order valence-corrected chi connectivity index (χ4v) is 3.46. The van der Waals surface area contributed by atoms with Crippen molar-refractivity contribution in [2.45, 2.75) is 58.4 Å². The van der Waals surface area contributed by atoms with Crippen molar-refractivity contribution in [3.8, 4) is 5.75 Å². The van der Waals surface area contributed by atoms with E-state index in [0.29, 0.717) is 5.75 Å². The standard InChI is InChI=1S/C20H23IO10/c1-10(22)26-9-16-17(27-11(2)23)18(28-12(3)24)19(29-13(4)25)20(31-16)30-15-8-6-5-7-14(15)21/h5-8,16-20H,9H2,1-4H3/t16-,17-,18+,19-,20-/m1/s1. The summed E-state index contributed by atoms with van der Waals surface area (Å²) in [6.45, 7) is 4.37. The molecule has 0 spiro atoms. The average Bonchev–Trinajstić information content (AvgIpc) is 2.65. The van der Waals surface area contributed by atoms with E-state index >= 15 is 0 Å². The van der Waals surface area contributed by atoms with E-state index in [0.717, 1.165) is 17.4 Å². The lowest BCUT2D eigenvalue weighted by molar-refractivity contribution is -0.288. The summed E-state index contributed by atoms with van der Waals surface area (Å²) in [5.41, 5.74) is 0. The third-order valence-corrected chi connectivity index (χ3v) is 4.92. The van der Waals surface area contributed by atoms with Gasteiger partial charge in [0.15, 0.2) is 12.2 Å². The van der Waals surface area contributed by atoms with Gasteiger partial charge < -0.3 is 28.4 Å². The lowest BCUT2D eigenvalue weighted by atomic mass is 9.98. The summed E-state index contributed by atoms with van der Waals surface area (Å²) in [5, 5.41) is 0. The topological polar surface area (TPSA) is 124 Å². The van der Waals surface area contributed by atoms with Crippen molar-refractivity contribution in [1.82, 2.24) is 0 Å². The lowest BCUT2D eigenvalue weighted by Crippen LogP contribution is -2.63. The Morgan fingerprint density at radius 1 is 0.839 bits per heavy atom. The summed E-state index contributed by atoms with van der Waals surface area (Å²) in [5.74, 6) is -2.27. The Kier molecular flexibility index (Phi) is 9.04.